The summed E-state index contributed by atoms with van der Waals surface area (Å²) in [6.07, 6.45) is 7.02. The molecule has 0 saturated carbocycles. The zero-order chi connectivity index (χ0) is 8.97. The van der Waals surface area contributed by atoms with Crippen molar-refractivity contribution in [2.24, 2.45) is 5.92 Å². The molecule has 0 saturated heterocycles. The summed E-state index contributed by atoms with van der Waals surface area (Å²) in [4.78, 5) is 10.7. The van der Waals surface area contributed by atoms with E-state index in [0.717, 1.165) is 12.7 Å². The summed E-state index contributed by atoms with van der Waals surface area (Å²) >= 11 is 0. The lowest BCUT2D eigenvalue weighted by Gasteiger charge is -2.22. The van der Waals surface area contributed by atoms with Crippen LogP contribution in [0.25, 0.3) is 0 Å². The number of hydrogen-bond acceptors (Lipinski definition) is 1. The van der Waals surface area contributed by atoms with Gasteiger partial charge in [-0.25, -0.2) is 0 Å². The first kappa shape index (κ1) is 9.50. The fourth-order valence-electron chi connectivity index (χ4n) is 2.01. The molecule has 68 valence electrons. The maximum atomic E-state index is 10.7. The van der Waals surface area contributed by atoms with Gasteiger partial charge in [0.15, 0.2) is 0 Å². The van der Waals surface area contributed by atoms with Crippen molar-refractivity contribution in [1.29, 1.82) is 0 Å². The average molecular weight is 166 g/mol. The summed E-state index contributed by atoms with van der Waals surface area (Å²) in [7, 11) is 0. The second-order valence-electron chi connectivity index (χ2n) is 3.67. The van der Waals surface area contributed by atoms with Crippen LogP contribution in [0.15, 0.2) is 11.1 Å². The molecule has 0 aromatic rings. The molecule has 1 aliphatic rings. The number of rotatable bonds is 3. The molecular formula is C11H18O. The van der Waals surface area contributed by atoms with Gasteiger partial charge in [-0.3, -0.25) is 0 Å². The first-order valence-corrected chi connectivity index (χ1v) is 4.93. The van der Waals surface area contributed by atoms with Gasteiger partial charge in [0.25, 0.3) is 0 Å². The van der Waals surface area contributed by atoms with Crippen molar-refractivity contribution >= 4 is 6.29 Å². The highest BCUT2D eigenvalue weighted by Gasteiger charge is 2.17. The monoisotopic (exact) mass is 166 g/mol. The molecule has 1 atom stereocenters. The Morgan fingerprint density at radius 2 is 2.33 bits per heavy atom. The minimum Gasteiger partial charge on any atom is -0.303 e. The summed E-state index contributed by atoms with van der Waals surface area (Å²) < 4.78 is 0. The summed E-state index contributed by atoms with van der Waals surface area (Å²) in [6, 6.07) is 0. The zero-order valence-corrected chi connectivity index (χ0v) is 8.10. The summed E-state index contributed by atoms with van der Waals surface area (Å²) in [6.45, 7) is 4.33. The Bertz CT molecular complexity index is 191. The van der Waals surface area contributed by atoms with Crippen LogP contribution in [0.5, 0.6) is 0 Å². The lowest BCUT2D eigenvalue weighted by atomic mass is 9.83. The SMILES string of the molecule is CCCC1=C(C)C(C=O)CCC1. The summed E-state index contributed by atoms with van der Waals surface area (Å²) in [5.41, 5.74) is 2.90. The molecule has 0 aromatic heterocycles. The van der Waals surface area contributed by atoms with E-state index in [4.69, 9.17) is 0 Å². The highest BCUT2D eigenvalue weighted by Crippen LogP contribution is 2.30. The van der Waals surface area contributed by atoms with E-state index in [-0.39, 0.29) is 5.92 Å². The van der Waals surface area contributed by atoms with Gasteiger partial charge in [-0.05, 0) is 32.6 Å². The van der Waals surface area contributed by atoms with E-state index >= 15 is 0 Å². The smallest absolute Gasteiger partial charge is 0.127 e. The summed E-state index contributed by atoms with van der Waals surface area (Å²) in [5.74, 6) is 0.236. The van der Waals surface area contributed by atoms with Crippen molar-refractivity contribution < 1.29 is 4.79 Å². The van der Waals surface area contributed by atoms with Crippen molar-refractivity contribution in [2.45, 2.75) is 46.0 Å². The second-order valence-corrected chi connectivity index (χ2v) is 3.67. The molecule has 0 radical (unpaired) electrons. The van der Waals surface area contributed by atoms with Crippen LogP contribution in [-0.2, 0) is 4.79 Å². The molecule has 0 N–H and O–H groups in total. The van der Waals surface area contributed by atoms with Crippen molar-refractivity contribution in [2.75, 3.05) is 0 Å². The standard InChI is InChI=1S/C11H18O/c1-3-5-10-6-4-7-11(8-12)9(10)2/h8,11H,3-7H2,1-2H3. The highest BCUT2D eigenvalue weighted by atomic mass is 16.1. The largest absolute Gasteiger partial charge is 0.303 e. The fourth-order valence-corrected chi connectivity index (χ4v) is 2.01. The molecule has 0 amide bonds. The maximum absolute atomic E-state index is 10.7. The maximum Gasteiger partial charge on any atom is 0.127 e. The minimum absolute atomic E-state index is 0.236. The molecule has 0 aromatic carbocycles. The Balaban J connectivity index is 2.72. The topological polar surface area (TPSA) is 17.1 Å². The van der Waals surface area contributed by atoms with Gasteiger partial charge < -0.3 is 4.79 Å². The van der Waals surface area contributed by atoms with Crippen LogP contribution in [0.1, 0.15) is 46.0 Å². The van der Waals surface area contributed by atoms with E-state index in [9.17, 15) is 4.79 Å². The van der Waals surface area contributed by atoms with E-state index in [2.05, 4.69) is 13.8 Å². The predicted molar refractivity (Wildman–Crippen MR) is 51.0 cm³/mol. The molecule has 0 spiro atoms. The number of carbonyl (C=O) groups excluding carboxylic acids is 1. The van der Waals surface area contributed by atoms with Gasteiger partial charge in [-0.2, -0.15) is 0 Å². The van der Waals surface area contributed by atoms with Crippen molar-refractivity contribution in [3.63, 3.8) is 0 Å². The van der Waals surface area contributed by atoms with Gasteiger partial charge in [-0.1, -0.05) is 24.5 Å². The third-order valence-corrected chi connectivity index (χ3v) is 2.82. The zero-order valence-electron chi connectivity index (χ0n) is 8.10. The van der Waals surface area contributed by atoms with Crippen LogP contribution in [0.2, 0.25) is 0 Å². The molecule has 1 heteroatoms. The normalized spacial score (nSPS) is 24.3. The fraction of sp³-hybridized carbons (Fsp3) is 0.727. The number of carbonyl (C=O) groups is 1. The van der Waals surface area contributed by atoms with E-state index in [1.807, 2.05) is 0 Å². The molecule has 0 bridgehead atoms. The molecule has 1 unspecified atom stereocenters. The lowest BCUT2D eigenvalue weighted by molar-refractivity contribution is -0.110. The summed E-state index contributed by atoms with van der Waals surface area (Å²) in [5, 5.41) is 0. The van der Waals surface area contributed by atoms with Crippen LogP contribution >= 0.6 is 0 Å². The molecule has 12 heavy (non-hydrogen) atoms. The van der Waals surface area contributed by atoms with Crippen LogP contribution in [-0.4, -0.2) is 6.29 Å². The molecule has 0 aliphatic heterocycles. The number of aldehydes is 1. The minimum atomic E-state index is 0.236. The van der Waals surface area contributed by atoms with Crippen molar-refractivity contribution in [3.8, 4) is 0 Å². The van der Waals surface area contributed by atoms with Gasteiger partial charge in [0.2, 0.25) is 0 Å². The van der Waals surface area contributed by atoms with Gasteiger partial charge in [0, 0.05) is 5.92 Å². The molecule has 1 nitrogen and oxygen atoms in total. The van der Waals surface area contributed by atoms with Crippen LogP contribution in [0.4, 0.5) is 0 Å². The Morgan fingerprint density at radius 1 is 1.58 bits per heavy atom. The first-order chi connectivity index (χ1) is 5.79. The van der Waals surface area contributed by atoms with Gasteiger partial charge in [0.1, 0.15) is 6.29 Å². The van der Waals surface area contributed by atoms with Crippen molar-refractivity contribution in [3.05, 3.63) is 11.1 Å². The average Bonchev–Trinajstić information content (AvgIpc) is 2.09. The Kier molecular flexibility index (Phi) is 3.51. The lowest BCUT2D eigenvalue weighted by Crippen LogP contribution is -2.11. The third kappa shape index (κ3) is 1.96. The van der Waals surface area contributed by atoms with Crippen LogP contribution in [0.3, 0.4) is 0 Å². The second kappa shape index (κ2) is 4.44. The van der Waals surface area contributed by atoms with E-state index in [1.165, 1.54) is 31.3 Å². The van der Waals surface area contributed by atoms with Crippen LogP contribution < -0.4 is 0 Å². The predicted octanol–water partition coefficient (Wildman–Crippen LogP) is 3.10. The van der Waals surface area contributed by atoms with E-state index in [1.54, 1.807) is 5.57 Å². The first-order valence-electron chi connectivity index (χ1n) is 4.93. The molecule has 1 aliphatic carbocycles. The highest BCUT2D eigenvalue weighted by molar-refractivity contribution is 5.59. The number of allylic oxidation sites excluding steroid dienone is 2. The van der Waals surface area contributed by atoms with Crippen LogP contribution in [0, 0.1) is 5.92 Å². The number of hydrogen-bond donors (Lipinski definition) is 0. The van der Waals surface area contributed by atoms with Gasteiger partial charge >= 0.3 is 0 Å². The van der Waals surface area contributed by atoms with E-state index in [0.29, 0.717) is 0 Å². The molecule has 1 rings (SSSR count). The quantitative estimate of drug-likeness (QED) is 0.465. The Labute approximate surface area is 74.9 Å². The molecule has 0 heterocycles. The van der Waals surface area contributed by atoms with Crippen molar-refractivity contribution in [1.82, 2.24) is 0 Å². The molecular weight excluding hydrogens is 148 g/mol. The Hall–Kier alpha value is -0.590. The van der Waals surface area contributed by atoms with Gasteiger partial charge in [-0.15, -0.1) is 0 Å². The third-order valence-electron chi connectivity index (χ3n) is 2.82. The Morgan fingerprint density at radius 3 is 2.92 bits per heavy atom. The molecule has 0 fully saturated rings. The van der Waals surface area contributed by atoms with Gasteiger partial charge in [0.05, 0.1) is 0 Å². The van der Waals surface area contributed by atoms with E-state index < -0.39 is 0 Å².